The van der Waals surface area contributed by atoms with Crippen LogP contribution in [0, 0.1) is 13.8 Å². The van der Waals surface area contributed by atoms with Gasteiger partial charge < -0.3 is 15.5 Å². The predicted octanol–water partition coefficient (Wildman–Crippen LogP) is 12.9. The Hall–Kier alpha value is -8.02. The van der Waals surface area contributed by atoms with Crippen LogP contribution < -0.4 is 10.8 Å². The minimum Gasteiger partial charge on any atom is -0.505 e. The average Bonchev–Trinajstić information content (AvgIpc) is 3.54. The number of hydrogen-bond acceptors (Lipinski definition) is 10. The van der Waals surface area contributed by atoms with E-state index in [1.54, 1.807) is 42.5 Å². The number of fused-ring (bicyclic) bond motifs is 5. The summed E-state index contributed by atoms with van der Waals surface area (Å²) in [5.74, 6) is -1.08. The molecule has 9 rings (SSSR count). The molecular formula is C49H36N6O5. The molecule has 8 aromatic carbocycles. The molecule has 11 nitrogen and oxygen atoms in total. The van der Waals surface area contributed by atoms with E-state index in [-0.39, 0.29) is 40.8 Å². The van der Waals surface area contributed by atoms with Crippen molar-refractivity contribution in [1.29, 1.82) is 0 Å². The van der Waals surface area contributed by atoms with Crippen molar-refractivity contribution in [2.45, 2.75) is 20.5 Å². The number of aromatic hydroxyl groups is 2. The van der Waals surface area contributed by atoms with Gasteiger partial charge in [0, 0.05) is 33.2 Å². The minimum absolute atomic E-state index is 0.0507. The van der Waals surface area contributed by atoms with Crippen LogP contribution in [0.25, 0.3) is 32.7 Å². The number of phenolic OH excluding ortho intramolecular Hbond substituents is 2. The quantitative estimate of drug-likeness (QED) is 0.0798. The Morgan fingerprint density at radius 1 is 0.600 bits per heavy atom. The first-order valence-electron chi connectivity index (χ1n) is 19.2. The molecule has 0 saturated heterocycles. The molecule has 8 aromatic rings. The fourth-order valence-corrected chi connectivity index (χ4v) is 7.29. The second-order valence-electron chi connectivity index (χ2n) is 14.5. The molecule has 11 heteroatoms. The molecule has 292 valence electrons. The zero-order valence-electron chi connectivity index (χ0n) is 32.5. The molecular weight excluding hydrogens is 753 g/mol. The second kappa shape index (κ2) is 15.7. The first-order valence-corrected chi connectivity index (χ1v) is 19.2. The summed E-state index contributed by atoms with van der Waals surface area (Å²) in [5, 5.41) is 46.3. The summed E-state index contributed by atoms with van der Waals surface area (Å²) < 4.78 is 0. The van der Waals surface area contributed by atoms with Gasteiger partial charge >= 0.3 is 0 Å². The zero-order chi connectivity index (χ0) is 41.3. The normalized spacial score (nSPS) is 12.1. The van der Waals surface area contributed by atoms with Crippen molar-refractivity contribution in [2.75, 3.05) is 10.8 Å². The Morgan fingerprint density at radius 3 is 1.80 bits per heavy atom. The standard InChI is InChI=1S/C49H36N6O5/c1-28-15-17-33(18-16-28)55-60-27-32-23-30-10-4-6-12-36(30)44(46(32)56)53-51-34-19-21-38-39-22-20-35(26-41(39)47(57)40(38)25-34)52-54-45-37-13-7-5-11-31(37)24-42(48(45)58)49(59)50-43-14-8-3-9-29(43)2/h3-26,55-56,58H,27H2,1-2H3,(H,50,59). The van der Waals surface area contributed by atoms with E-state index in [4.69, 9.17) is 4.84 Å². The molecule has 0 unspecified atom stereocenters. The Labute approximate surface area is 344 Å². The first kappa shape index (κ1) is 37.6. The lowest BCUT2D eigenvalue weighted by atomic mass is 10.0. The van der Waals surface area contributed by atoms with Gasteiger partial charge in [0.15, 0.2) is 11.5 Å². The van der Waals surface area contributed by atoms with Crippen LogP contribution in [0.2, 0.25) is 0 Å². The van der Waals surface area contributed by atoms with Crippen LogP contribution in [-0.2, 0) is 11.4 Å². The summed E-state index contributed by atoms with van der Waals surface area (Å²) in [4.78, 5) is 33.0. The van der Waals surface area contributed by atoms with Crippen LogP contribution in [0.3, 0.4) is 0 Å². The Balaban J connectivity index is 0.968. The Kier molecular flexibility index (Phi) is 9.84. The number of azo groups is 2. The molecule has 1 aliphatic carbocycles. The minimum atomic E-state index is -0.487. The number of nitrogens with one attached hydrogen (secondary N) is 2. The summed E-state index contributed by atoms with van der Waals surface area (Å²) in [5.41, 5.74) is 10.5. The molecule has 1 aliphatic rings. The number of anilines is 2. The zero-order valence-corrected chi connectivity index (χ0v) is 32.5. The number of aryl methyl sites for hydroxylation is 2. The maximum absolute atomic E-state index is 13.9. The lowest BCUT2D eigenvalue weighted by molar-refractivity contribution is 0.102. The van der Waals surface area contributed by atoms with E-state index in [1.807, 2.05) is 117 Å². The maximum atomic E-state index is 13.9. The largest absolute Gasteiger partial charge is 0.505 e. The smallest absolute Gasteiger partial charge is 0.259 e. The van der Waals surface area contributed by atoms with Crippen molar-refractivity contribution in [2.24, 2.45) is 20.5 Å². The third-order valence-corrected chi connectivity index (χ3v) is 10.5. The van der Waals surface area contributed by atoms with Gasteiger partial charge in [-0.2, -0.15) is 10.2 Å². The SMILES string of the molecule is Cc1ccc(NOCc2cc3ccccc3c(N=Nc3ccc4c(c3)C(=O)c3cc(N=Nc5c(O)c(C(=O)Nc6ccccc6C)cc6ccccc56)ccc3-4)c2O)cc1. The number of phenols is 2. The highest BCUT2D eigenvalue weighted by Crippen LogP contribution is 2.44. The van der Waals surface area contributed by atoms with Crippen molar-refractivity contribution in [3.8, 4) is 22.6 Å². The number of carbonyl (C=O) groups excluding carboxylic acids is 2. The maximum Gasteiger partial charge on any atom is 0.259 e. The van der Waals surface area contributed by atoms with Crippen molar-refractivity contribution in [3.05, 3.63) is 179 Å². The molecule has 0 aromatic heterocycles. The van der Waals surface area contributed by atoms with Gasteiger partial charge in [-0.3, -0.25) is 19.9 Å². The molecule has 0 fully saturated rings. The van der Waals surface area contributed by atoms with E-state index in [0.717, 1.165) is 33.3 Å². The van der Waals surface area contributed by atoms with E-state index >= 15 is 0 Å². The number of ketones is 1. The summed E-state index contributed by atoms with van der Waals surface area (Å²) in [6.07, 6.45) is 0. The van der Waals surface area contributed by atoms with Crippen LogP contribution in [0.15, 0.2) is 166 Å². The first-order chi connectivity index (χ1) is 29.2. The van der Waals surface area contributed by atoms with Gasteiger partial charge in [0.05, 0.1) is 22.6 Å². The van der Waals surface area contributed by atoms with Crippen molar-refractivity contribution >= 4 is 67.4 Å². The number of amides is 1. The van der Waals surface area contributed by atoms with Gasteiger partial charge in [0.25, 0.3) is 5.91 Å². The third kappa shape index (κ3) is 7.21. The molecule has 0 aliphatic heterocycles. The number of nitrogens with zero attached hydrogens (tertiary/aromatic N) is 4. The molecule has 60 heavy (non-hydrogen) atoms. The highest BCUT2D eigenvalue weighted by atomic mass is 16.6. The molecule has 0 radical (unpaired) electrons. The Bertz CT molecular complexity index is 3090. The van der Waals surface area contributed by atoms with E-state index in [9.17, 15) is 19.8 Å². The summed E-state index contributed by atoms with van der Waals surface area (Å²) in [7, 11) is 0. The van der Waals surface area contributed by atoms with Crippen LogP contribution >= 0.6 is 0 Å². The number of rotatable bonds is 10. The fourth-order valence-electron chi connectivity index (χ4n) is 7.29. The van der Waals surface area contributed by atoms with E-state index < -0.39 is 5.91 Å². The highest BCUT2D eigenvalue weighted by Gasteiger charge is 2.28. The fraction of sp³-hybridized carbons (Fsp3) is 0.0612. The second-order valence-corrected chi connectivity index (χ2v) is 14.5. The van der Waals surface area contributed by atoms with Crippen molar-refractivity contribution in [1.82, 2.24) is 0 Å². The molecule has 4 N–H and O–H groups in total. The molecule has 1 amide bonds. The van der Waals surface area contributed by atoms with Crippen LogP contribution in [0.1, 0.15) is 43.0 Å². The monoisotopic (exact) mass is 788 g/mol. The van der Waals surface area contributed by atoms with E-state index in [2.05, 4.69) is 31.3 Å². The molecule has 0 heterocycles. The van der Waals surface area contributed by atoms with Crippen LogP contribution in [-0.4, -0.2) is 21.9 Å². The van der Waals surface area contributed by atoms with Gasteiger partial charge in [0.1, 0.15) is 23.7 Å². The summed E-state index contributed by atoms with van der Waals surface area (Å²) >= 11 is 0. The summed E-state index contributed by atoms with van der Waals surface area (Å²) in [6.45, 7) is 3.96. The van der Waals surface area contributed by atoms with E-state index in [0.29, 0.717) is 49.9 Å². The molecule has 0 saturated carbocycles. The summed E-state index contributed by atoms with van der Waals surface area (Å²) in [6, 6.07) is 44.0. The van der Waals surface area contributed by atoms with Gasteiger partial charge in [-0.05, 0) is 95.9 Å². The van der Waals surface area contributed by atoms with Crippen molar-refractivity contribution in [3.63, 3.8) is 0 Å². The lowest BCUT2D eigenvalue weighted by Crippen LogP contribution is -2.13. The highest BCUT2D eigenvalue weighted by molar-refractivity contribution is 6.22. The predicted molar refractivity (Wildman–Crippen MR) is 234 cm³/mol. The Morgan fingerprint density at radius 2 is 1.17 bits per heavy atom. The number of carbonyl (C=O) groups is 2. The number of benzene rings is 8. The van der Waals surface area contributed by atoms with E-state index in [1.165, 1.54) is 0 Å². The molecule has 0 bridgehead atoms. The molecule has 0 spiro atoms. The molecule has 0 atom stereocenters. The average molecular weight is 789 g/mol. The third-order valence-electron chi connectivity index (χ3n) is 10.5. The van der Waals surface area contributed by atoms with Gasteiger partial charge in [-0.1, -0.05) is 96.6 Å². The van der Waals surface area contributed by atoms with Gasteiger partial charge in [-0.15, -0.1) is 10.2 Å². The van der Waals surface area contributed by atoms with Crippen LogP contribution in [0.5, 0.6) is 11.5 Å². The van der Waals surface area contributed by atoms with Crippen LogP contribution in [0.4, 0.5) is 34.1 Å². The van der Waals surface area contributed by atoms with Gasteiger partial charge in [-0.25, -0.2) is 0 Å². The topological polar surface area (TPSA) is 157 Å². The van der Waals surface area contributed by atoms with Crippen molar-refractivity contribution < 1.29 is 24.6 Å². The van der Waals surface area contributed by atoms with Gasteiger partial charge in [0.2, 0.25) is 0 Å². The number of hydrogen-bond donors (Lipinski definition) is 4. The number of para-hydroxylation sites is 1. The lowest BCUT2D eigenvalue weighted by Gasteiger charge is -2.12.